The van der Waals surface area contributed by atoms with Crippen molar-refractivity contribution in [2.45, 2.75) is 6.43 Å². The summed E-state index contributed by atoms with van der Waals surface area (Å²) in [5, 5.41) is 11.0. The Morgan fingerprint density at radius 3 is 2.67 bits per heavy atom. The molecule has 0 aliphatic rings. The number of carboxylic acids is 1. The molecule has 0 aliphatic heterocycles. The molecule has 0 aromatic heterocycles. The summed E-state index contributed by atoms with van der Waals surface area (Å²) in [7, 11) is 0. The summed E-state index contributed by atoms with van der Waals surface area (Å²) >= 11 is 3.08. The molecular formula is C9H8BrF2NO2. The van der Waals surface area contributed by atoms with Gasteiger partial charge in [0.05, 0.1) is 0 Å². The fraction of sp³-hybridized carbons (Fsp3) is 0.222. The van der Waals surface area contributed by atoms with Crippen LogP contribution >= 0.6 is 15.9 Å². The molecule has 6 heteroatoms. The molecule has 0 saturated heterocycles. The van der Waals surface area contributed by atoms with Gasteiger partial charge in [-0.05, 0) is 28.1 Å². The largest absolute Gasteiger partial charge is 0.480 e. The lowest BCUT2D eigenvalue weighted by Gasteiger charge is -2.07. The zero-order chi connectivity index (χ0) is 11.4. The molecular weight excluding hydrogens is 272 g/mol. The number of anilines is 1. The number of benzene rings is 1. The lowest BCUT2D eigenvalue weighted by molar-refractivity contribution is -0.134. The van der Waals surface area contributed by atoms with Gasteiger partial charge in [-0.15, -0.1) is 0 Å². The number of aliphatic carboxylic acids is 1. The van der Waals surface area contributed by atoms with Gasteiger partial charge >= 0.3 is 5.97 Å². The second kappa shape index (κ2) is 5.06. The smallest absolute Gasteiger partial charge is 0.322 e. The van der Waals surface area contributed by atoms with E-state index in [1.807, 2.05) is 0 Å². The van der Waals surface area contributed by atoms with E-state index in [1.54, 1.807) is 0 Å². The fourth-order valence-electron chi connectivity index (χ4n) is 0.981. The Hall–Kier alpha value is -1.17. The summed E-state index contributed by atoms with van der Waals surface area (Å²) in [6, 6.07) is 3.92. The van der Waals surface area contributed by atoms with Crippen LogP contribution in [-0.4, -0.2) is 17.6 Å². The summed E-state index contributed by atoms with van der Waals surface area (Å²) < 4.78 is 24.9. The zero-order valence-electron chi connectivity index (χ0n) is 7.51. The molecule has 2 N–H and O–H groups in total. The van der Waals surface area contributed by atoms with Crippen molar-refractivity contribution in [3.8, 4) is 0 Å². The first-order valence-corrected chi connectivity index (χ1v) is 4.83. The van der Waals surface area contributed by atoms with Gasteiger partial charge in [0, 0.05) is 15.7 Å². The normalized spacial score (nSPS) is 10.4. The number of alkyl halides is 2. The summed E-state index contributed by atoms with van der Waals surface area (Å²) in [5.41, 5.74) is 0.365. The molecule has 0 atom stereocenters. The van der Waals surface area contributed by atoms with Gasteiger partial charge in [0.1, 0.15) is 6.54 Å². The Labute approximate surface area is 93.2 Å². The van der Waals surface area contributed by atoms with Crippen molar-refractivity contribution in [3.63, 3.8) is 0 Å². The fourth-order valence-corrected chi connectivity index (χ4v) is 1.52. The topological polar surface area (TPSA) is 49.3 Å². The van der Waals surface area contributed by atoms with Crippen LogP contribution in [0.5, 0.6) is 0 Å². The van der Waals surface area contributed by atoms with E-state index in [1.165, 1.54) is 18.2 Å². The zero-order valence-corrected chi connectivity index (χ0v) is 9.09. The van der Waals surface area contributed by atoms with Crippen molar-refractivity contribution in [1.82, 2.24) is 0 Å². The van der Waals surface area contributed by atoms with Gasteiger partial charge < -0.3 is 10.4 Å². The molecule has 0 bridgehead atoms. The van der Waals surface area contributed by atoms with Gasteiger partial charge in [-0.25, -0.2) is 8.78 Å². The number of hydrogen-bond acceptors (Lipinski definition) is 2. The number of carboxylic acid groups (broad SMARTS) is 1. The van der Waals surface area contributed by atoms with E-state index in [2.05, 4.69) is 21.2 Å². The number of carbonyl (C=O) groups is 1. The van der Waals surface area contributed by atoms with Crippen LogP contribution in [0.4, 0.5) is 14.5 Å². The van der Waals surface area contributed by atoms with Crippen LogP contribution < -0.4 is 5.32 Å². The van der Waals surface area contributed by atoms with Gasteiger partial charge in [0.2, 0.25) is 0 Å². The molecule has 0 amide bonds. The number of halogens is 3. The predicted octanol–water partition coefficient (Wildman–Crippen LogP) is 2.88. The summed E-state index contributed by atoms with van der Waals surface area (Å²) in [6.07, 6.45) is -2.53. The van der Waals surface area contributed by atoms with Gasteiger partial charge in [-0.2, -0.15) is 0 Å². The summed E-state index contributed by atoms with van der Waals surface area (Å²) in [6.45, 7) is -0.257. The molecule has 3 nitrogen and oxygen atoms in total. The van der Waals surface area contributed by atoms with E-state index in [0.717, 1.165) is 0 Å². The Bertz CT molecular complexity index is 371. The van der Waals surface area contributed by atoms with Crippen LogP contribution in [0.15, 0.2) is 22.7 Å². The van der Waals surface area contributed by atoms with Crippen LogP contribution in [0.2, 0.25) is 0 Å². The third-order valence-electron chi connectivity index (χ3n) is 1.68. The highest BCUT2D eigenvalue weighted by molar-refractivity contribution is 9.10. The monoisotopic (exact) mass is 279 g/mol. The van der Waals surface area contributed by atoms with Crippen LogP contribution in [0, 0.1) is 0 Å². The van der Waals surface area contributed by atoms with E-state index in [-0.39, 0.29) is 12.1 Å². The maximum absolute atomic E-state index is 12.3. The van der Waals surface area contributed by atoms with Crippen LogP contribution in [0.25, 0.3) is 0 Å². The van der Waals surface area contributed by atoms with Crippen molar-refractivity contribution in [1.29, 1.82) is 0 Å². The first-order chi connectivity index (χ1) is 7.00. The van der Waals surface area contributed by atoms with Crippen molar-refractivity contribution >= 4 is 27.6 Å². The number of hydrogen-bond donors (Lipinski definition) is 2. The van der Waals surface area contributed by atoms with Gasteiger partial charge in [0.25, 0.3) is 6.43 Å². The quantitative estimate of drug-likeness (QED) is 0.891. The van der Waals surface area contributed by atoms with Crippen LogP contribution in [0.1, 0.15) is 12.0 Å². The molecule has 1 aromatic rings. The molecule has 1 aromatic carbocycles. The van der Waals surface area contributed by atoms with Crippen molar-refractivity contribution in [2.75, 3.05) is 11.9 Å². The molecule has 0 radical (unpaired) electrons. The third kappa shape index (κ3) is 3.47. The van der Waals surface area contributed by atoms with Crippen molar-refractivity contribution in [2.24, 2.45) is 0 Å². The minimum absolute atomic E-state index is 0.109. The van der Waals surface area contributed by atoms with Gasteiger partial charge in [-0.3, -0.25) is 4.79 Å². The highest BCUT2D eigenvalue weighted by Crippen LogP contribution is 2.28. The van der Waals surface area contributed by atoms with Gasteiger partial charge in [0.15, 0.2) is 0 Å². The van der Waals surface area contributed by atoms with Crippen molar-refractivity contribution < 1.29 is 18.7 Å². The average Bonchev–Trinajstić information content (AvgIpc) is 2.15. The molecule has 0 fully saturated rings. The molecule has 0 aliphatic carbocycles. The average molecular weight is 280 g/mol. The third-order valence-corrected chi connectivity index (χ3v) is 2.33. The predicted molar refractivity (Wildman–Crippen MR) is 55.2 cm³/mol. The summed E-state index contributed by atoms with van der Waals surface area (Å²) in [5.74, 6) is -1.01. The van der Waals surface area contributed by atoms with Crippen LogP contribution in [-0.2, 0) is 4.79 Å². The molecule has 0 unspecified atom stereocenters. The molecule has 0 heterocycles. The minimum Gasteiger partial charge on any atom is -0.480 e. The second-order valence-electron chi connectivity index (χ2n) is 2.79. The maximum Gasteiger partial charge on any atom is 0.322 e. The molecule has 82 valence electrons. The number of rotatable bonds is 4. The molecule has 15 heavy (non-hydrogen) atoms. The second-order valence-corrected chi connectivity index (χ2v) is 3.64. The first-order valence-electron chi connectivity index (χ1n) is 4.04. The van der Waals surface area contributed by atoms with E-state index in [4.69, 9.17) is 5.11 Å². The minimum atomic E-state index is -2.53. The maximum atomic E-state index is 12.3. The Balaban J connectivity index is 2.79. The first kappa shape index (κ1) is 11.9. The SMILES string of the molecule is O=C(O)CNc1ccc(C(F)F)cc1Br. The Morgan fingerprint density at radius 2 is 2.20 bits per heavy atom. The molecule has 0 saturated carbocycles. The molecule has 0 spiro atoms. The standard InChI is InChI=1S/C9H8BrF2NO2/c10-6-3-5(9(11)12)1-2-7(6)13-4-8(14)15/h1-3,9,13H,4H2,(H,14,15). The summed E-state index contributed by atoms with van der Waals surface area (Å²) in [4.78, 5) is 10.3. The van der Waals surface area contributed by atoms with Crippen LogP contribution in [0.3, 0.4) is 0 Å². The Kier molecular flexibility index (Phi) is 4.02. The van der Waals surface area contributed by atoms with E-state index >= 15 is 0 Å². The van der Waals surface area contributed by atoms with Gasteiger partial charge in [-0.1, -0.05) is 6.07 Å². The Morgan fingerprint density at radius 1 is 1.53 bits per heavy atom. The van der Waals surface area contributed by atoms with E-state index < -0.39 is 12.4 Å². The highest BCUT2D eigenvalue weighted by atomic mass is 79.9. The van der Waals surface area contributed by atoms with Crippen molar-refractivity contribution in [3.05, 3.63) is 28.2 Å². The lowest BCUT2D eigenvalue weighted by Crippen LogP contribution is -2.12. The number of nitrogens with one attached hydrogen (secondary N) is 1. The highest BCUT2D eigenvalue weighted by Gasteiger charge is 2.09. The molecule has 1 rings (SSSR count). The van der Waals surface area contributed by atoms with E-state index in [0.29, 0.717) is 10.2 Å². The van der Waals surface area contributed by atoms with E-state index in [9.17, 15) is 13.6 Å². The lowest BCUT2D eigenvalue weighted by atomic mass is 10.2.